The minimum Gasteiger partial charge on any atom is -0.327 e. The van der Waals surface area contributed by atoms with Gasteiger partial charge >= 0.3 is 0 Å². The molecule has 0 saturated heterocycles. The molecule has 3 rings (SSSR count). The fourth-order valence-corrected chi connectivity index (χ4v) is 4.63. The summed E-state index contributed by atoms with van der Waals surface area (Å²) in [6.45, 7) is 2.18. The summed E-state index contributed by atoms with van der Waals surface area (Å²) in [5.41, 5.74) is 6.21. The van der Waals surface area contributed by atoms with Gasteiger partial charge in [0.1, 0.15) is 5.01 Å². The lowest BCUT2D eigenvalue weighted by atomic mass is 9.84. The highest BCUT2D eigenvalue weighted by Crippen LogP contribution is 2.47. The van der Waals surface area contributed by atoms with Gasteiger partial charge in [0, 0.05) is 12.5 Å². The molecule has 2 aliphatic carbocycles. The Labute approximate surface area is 129 Å². The molecule has 1 aromatic rings. The van der Waals surface area contributed by atoms with Crippen LogP contribution in [0.2, 0.25) is 0 Å². The Morgan fingerprint density at radius 3 is 2.86 bits per heavy atom. The molecular formula is C15H24N4OS. The molecule has 0 aromatic carbocycles. The smallest absolute Gasteiger partial charge is 0.231 e. The number of carbonyl (C=O) groups is 1. The summed E-state index contributed by atoms with van der Waals surface area (Å²) >= 11 is 1.50. The van der Waals surface area contributed by atoms with Crippen LogP contribution in [0.1, 0.15) is 50.5 Å². The van der Waals surface area contributed by atoms with E-state index >= 15 is 0 Å². The average molecular weight is 308 g/mol. The van der Waals surface area contributed by atoms with Gasteiger partial charge in [-0.25, -0.2) is 0 Å². The second kappa shape index (κ2) is 6.40. The quantitative estimate of drug-likeness (QED) is 0.791. The highest BCUT2D eigenvalue weighted by Gasteiger charge is 2.49. The van der Waals surface area contributed by atoms with Crippen molar-refractivity contribution in [2.45, 2.75) is 57.9 Å². The number of aryl methyl sites for hydroxylation is 1. The zero-order chi connectivity index (χ0) is 14.8. The Morgan fingerprint density at radius 2 is 2.14 bits per heavy atom. The largest absolute Gasteiger partial charge is 0.327 e. The molecule has 1 heterocycles. The summed E-state index contributed by atoms with van der Waals surface area (Å²) in [5, 5.41) is 12.8. The van der Waals surface area contributed by atoms with Gasteiger partial charge < -0.3 is 11.1 Å². The van der Waals surface area contributed by atoms with Gasteiger partial charge in [-0.05, 0) is 37.5 Å². The third-order valence-corrected chi connectivity index (χ3v) is 5.87. The highest BCUT2D eigenvalue weighted by atomic mass is 32.1. The van der Waals surface area contributed by atoms with Crippen LogP contribution in [0.25, 0.3) is 0 Å². The maximum absolute atomic E-state index is 12.4. The van der Waals surface area contributed by atoms with Crippen LogP contribution in [-0.4, -0.2) is 22.1 Å². The van der Waals surface area contributed by atoms with Gasteiger partial charge in [-0.1, -0.05) is 31.1 Å². The summed E-state index contributed by atoms with van der Waals surface area (Å²) in [6.07, 6.45) is 7.96. The van der Waals surface area contributed by atoms with Crippen LogP contribution in [0.5, 0.6) is 0 Å². The average Bonchev–Trinajstić information content (AvgIpc) is 3.15. The number of nitrogens with one attached hydrogen (secondary N) is 1. The number of hydrogen-bond donors (Lipinski definition) is 2. The first kappa shape index (κ1) is 14.9. The molecule has 0 aliphatic heterocycles. The van der Waals surface area contributed by atoms with Crippen molar-refractivity contribution in [3.63, 3.8) is 0 Å². The fraction of sp³-hybridized carbons (Fsp3) is 0.800. The summed E-state index contributed by atoms with van der Waals surface area (Å²) in [7, 11) is 0. The van der Waals surface area contributed by atoms with Crippen LogP contribution in [0.4, 0.5) is 5.13 Å². The molecule has 116 valence electrons. The van der Waals surface area contributed by atoms with E-state index in [2.05, 4.69) is 22.4 Å². The Hall–Kier alpha value is -1.01. The van der Waals surface area contributed by atoms with Crippen molar-refractivity contribution in [1.29, 1.82) is 0 Å². The van der Waals surface area contributed by atoms with E-state index in [1.54, 1.807) is 0 Å². The first-order valence-corrected chi connectivity index (χ1v) is 8.89. The summed E-state index contributed by atoms with van der Waals surface area (Å²) < 4.78 is 0. The van der Waals surface area contributed by atoms with Crippen LogP contribution in [0.15, 0.2) is 0 Å². The molecule has 2 bridgehead atoms. The van der Waals surface area contributed by atoms with E-state index in [9.17, 15) is 4.79 Å². The molecule has 1 aromatic heterocycles. The van der Waals surface area contributed by atoms with E-state index in [4.69, 9.17) is 5.73 Å². The third kappa shape index (κ3) is 3.11. The normalized spacial score (nSPS) is 30.8. The molecule has 5 nitrogen and oxygen atoms in total. The highest BCUT2D eigenvalue weighted by molar-refractivity contribution is 7.15. The number of nitrogens with zero attached hydrogens (tertiary/aromatic N) is 2. The molecule has 2 saturated carbocycles. The topological polar surface area (TPSA) is 80.9 Å². The first-order chi connectivity index (χ1) is 10.2. The molecule has 1 amide bonds. The molecule has 2 aliphatic rings. The van der Waals surface area contributed by atoms with Gasteiger partial charge in [-0.15, -0.1) is 10.2 Å². The number of fused-ring (bicyclic) bond motifs is 2. The molecule has 4 unspecified atom stereocenters. The number of hydrogen-bond acceptors (Lipinski definition) is 5. The number of anilines is 1. The van der Waals surface area contributed by atoms with E-state index < -0.39 is 0 Å². The van der Waals surface area contributed by atoms with Crippen molar-refractivity contribution in [2.75, 3.05) is 5.32 Å². The van der Waals surface area contributed by atoms with Crippen molar-refractivity contribution in [1.82, 2.24) is 10.2 Å². The Morgan fingerprint density at radius 1 is 1.33 bits per heavy atom. The standard InChI is InChI=1S/C15H24N4OS/c1-2-3-4-5-11-18-19-15(21-11)17-14(20)12-9-6-7-10(8-9)13(12)16/h9-10,12-13H,2-8,16H2,1H3,(H,17,19,20). The van der Waals surface area contributed by atoms with Gasteiger partial charge in [-0.3, -0.25) is 4.79 Å². The van der Waals surface area contributed by atoms with E-state index in [-0.39, 0.29) is 17.9 Å². The number of carbonyl (C=O) groups excluding carboxylic acids is 1. The van der Waals surface area contributed by atoms with E-state index in [0.29, 0.717) is 17.0 Å². The number of unbranched alkanes of at least 4 members (excludes halogenated alkanes) is 2. The monoisotopic (exact) mass is 308 g/mol. The SMILES string of the molecule is CCCCCc1nnc(NC(=O)C2C3CCC(C3)C2N)s1. The first-order valence-electron chi connectivity index (χ1n) is 8.08. The van der Waals surface area contributed by atoms with Crippen LogP contribution in [0, 0.1) is 17.8 Å². The minimum atomic E-state index is -0.0313. The molecule has 3 N–H and O–H groups in total. The van der Waals surface area contributed by atoms with Crippen LogP contribution < -0.4 is 11.1 Å². The predicted molar refractivity (Wildman–Crippen MR) is 84.1 cm³/mol. The van der Waals surface area contributed by atoms with Crippen LogP contribution in [0.3, 0.4) is 0 Å². The van der Waals surface area contributed by atoms with Gasteiger partial charge in [0.05, 0.1) is 5.92 Å². The summed E-state index contributed by atoms with van der Waals surface area (Å²) in [5.74, 6) is 1.04. The lowest BCUT2D eigenvalue weighted by molar-refractivity contribution is -0.121. The number of rotatable bonds is 6. The molecule has 0 spiro atoms. The van der Waals surface area contributed by atoms with Crippen molar-refractivity contribution in [3.05, 3.63) is 5.01 Å². The van der Waals surface area contributed by atoms with Gasteiger partial charge in [0.25, 0.3) is 0 Å². The van der Waals surface area contributed by atoms with Crippen molar-refractivity contribution >= 4 is 22.4 Å². The maximum Gasteiger partial charge on any atom is 0.231 e. The van der Waals surface area contributed by atoms with Crippen molar-refractivity contribution < 1.29 is 4.79 Å². The minimum absolute atomic E-state index is 0.0284. The van der Waals surface area contributed by atoms with Gasteiger partial charge in [0.15, 0.2) is 0 Å². The summed E-state index contributed by atoms with van der Waals surface area (Å²) in [4.78, 5) is 12.4. The van der Waals surface area contributed by atoms with Crippen LogP contribution in [-0.2, 0) is 11.2 Å². The number of aromatic nitrogens is 2. The Kier molecular flexibility index (Phi) is 4.54. The van der Waals surface area contributed by atoms with Crippen molar-refractivity contribution in [2.24, 2.45) is 23.5 Å². The summed E-state index contributed by atoms with van der Waals surface area (Å²) in [6, 6.07) is 0.0284. The molecule has 21 heavy (non-hydrogen) atoms. The maximum atomic E-state index is 12.4. The fourth-order valence-electron chi connectivity index (χ4n) is 3.84. The van der Waals surface area contributed by atoms with Gasteiger partial charge in [-0.2, -0.15) is 0 Å². The predicted octanol–water partition coefficient (Wildman–Crippen LogP) is 2.58. The number of amides is 1. The Bertz CT molecular complexity index is 502. The molecule has 6 heteroatoms. The van der Waals surface area contributed by atoms with E-state index in [1.807, 2.05) is 0 Å². The zero-order valence-corrected chi connectivity index (χ0v) is 13.4. The Balaban J connectivity index is 1.55. The second-order valence-electron chi connectivity index (χ2n) is 6.38. The van der Waals surface area contributed by atoms with Crippen molar-refractivity contribution in [3.8, 4) is 0 Å². The lowest BCUT2D eigenvalue weighted by Gasteiger charge is -2.26. The third-order valence-electron chi connectivity index (χ3n) is 4.97. The van der Waals surface area contributed by atoms with Gasteiger partial charge in [0.2, 0.25) is 11.0 Å². The molecule has 4 atom stereocenters. The van der Waals surface area contributed by atoms with E-state index in [0.717, 1.165) is 30.7 Å². The molecule has 0 radical (unpaired) electrons. The lowest BCUT2D eigenvalue weighted by Crippen LogP contribution is -2.42. The zero-order valence-electron chi connectivity index (χ0n) is 12.5. The van der Waals surface area contributed by atoms with Crippen LogP contribution >= 0.6 is 11.3 Å². The molecular weight excluding hydrogens is 284 g/mol. The second-order valence-corrected chi connectivity index (χ2v) is 7.45. The molecule has 2 fully saturated rings. The number of nitrogens with two attached hydrogens (primary N) is 1. The van der Waals surface area contributed by atoms with E-state index in [1.165, 1.54) is 30.6 Å².